The Labute approximate surface area is 128 Å². The van der Waals surface area contributed by atoms with Crippen molar-refractivity contribution in [3.63, 3.8) is 0 Å². The van der Waals surface area contributed by atoms with Crippen LogP contribution in [-0.4, -0.2) is 37.8 Å². The minimum atomic E-state index is -1.12. The van der Waals surface area contributed by atoms with E-state index in [-0.39, 0.29) is 0 Å². The van der Waals surface area contributed by atoms with Gasteiger partial charge in [0.25, 0.3) is 5.91 Å². The van der Waals surface area contributed by atoms with Crippen molar-refractivity contribution in [2.24, 2.45) is 5.92 Å². The van der Waals surface area contributed by atoms with Crippen LogP contribution in [0.5, 0.6) is 0 Å². The third-order valence-electron chi connectivity index (χ3n) is 4.18. The van der Waals surface area contributed by atoms with E-state index in [1.54, 1.807) is 13.2 Å². The molecule has 0 aliphatic carbocycles. The van der Waals surface area contributed by atoms with Crippen LogP contribution in [-0.2, 0) is 9.53 Å². The van der Waals surface area contributed by atoms with E-state index in [0.717, 1.165) is 38.2 Å². The minimum Gasteiger partial charge on any atom is -0.384 e. The summed E-state index contributed by atoms with van der Waals surface area (Å²) in [7, 11) is 1.72. The maximum absolute atomic E-state index is 11.5. The van der Waals surface area contributed by atoms with Crippen molar-refractivity contribution < 1.29 is 14.6 Å². The van der Waals surface area contributed by atoms with Crippen molar-refractivity contribution >= 4 is 28.9 Å². The number of rotatable bonds is 3. The topological polar surface area (TPSA) is 61.8 Å². The lowest BCUT2D eigenvalue weighted by Gasteiger charge is -2.34. The fraction of sp³-hybridized carbons (Fsp3) is 0.533. The SMILES string of the molecule is COCC1CCCN(c2cc3c(cc2Cl)C(O)C(=O)N3)C1. The molecule has 1 aromatic rings. The first-order chi connectivity index (χ1) is 10.1. The number of piperidine rings is 1. The fourth-order valence-corrected chi connectivity index (χ4v) is 3.44. The zero-order valence-electron chi connectivity index (χ0n) is 11.9. The monoisotopic (exact) mass is 310 g/mol. The predicted octanol–water partition coefficient (Wildman–Crippen LogP) is 2.19. The van der Waals surface area contributed by atoms with Gasteiger partial charge in [0.2, 0.25) is 0 Å². The third kappa shape index (κ3) is 2.73. The van der Waals surface area contributed by atoms with Gasteiger partial charge in [-0.2, -0.15) is 0 Å². The molecular weight excluding hydrogens is 292 g/mol. The molecule has 114 valence electrons. The van der Waals surface area contributed by atoms with Gasteiger partial charge in [0.05, 0.1) is 17.3 Å². The molecule has 1 fully saturated rings. The van der Waals surface area contributed by atoms with Gasteiger partial charge in [-0.1, -0.05) is 11.6 Å². The van der Waals surface area contributed by atoms with Crippen LogP contribution in [0.1, 0.15) is 24.5 Å². The third-order valence-corrected chi connectivity index (χ3v) is 4.48. The summed E-state index contributed by atoms with van der Waals surface area (Å²) in [6, 6.07) is 3.55. The second-order valence-corrected chi connectivity index (χ2v) is 6.10. The van der Waals surface area contributed by atoms with E-state index in [9.17, 15) is 9.90 Å². The molecule has 0 radical (unpaired) electrons. The second-order valence-electron chi connectivity index (χ2n) is 5.69. The first kappa shape index (κ1) is 14.6. The molecule has 5 nitrogen and oxygen atoms in total. The van der Waals surface area contributed by atoms with Crippen LogP contribution in [0.15, 0.2) is 12.1 Å². The number of hydrogen-bond donors (Lipinski definition) is 2. The lowest BCUT2D eigenvalue weighted by Crippen LogP contribution is -2.37. The Balaban J connectivity index is 1.86. The van der Waals surface area contributed by atoms with Gasteiger partial charge in [-0.3, -0.25) is 4.79 Å². The van der Waals surface area contributed by atoms with Crippen molar-refractivity contribution in [1.29, 1.82) is 0 Å². The second kappa shape index (κ2) is 5.83. The van der Waals surface area contributed by atoms with E-state index in [1.807, 2.05) is 6.07 Å². The molecule has 0 spiro atoms. The number of ether oxygens (including phenoxy) is 1. The highest BCUT2D eigenvalue weighted by atomic mass is 35.5. The quantitative estimate of drug-likeness (QED) is 0.898. The minimum absolute atomic E-state index is 0.394. The average Bonchev–Trinajstić information content (AvgIpc) is 2.74. The molecule has 1 amide bonds. The first-order valence-electron chi connectivity index (χ1n) is 7.16. The summed E-state index contributed by atoms with van der Waals surface area (Å²) in [6.45, 7) is 2.58. The summed E-state index contributed by atoms with van der Waals surface area (Å²) in [6.07, 6.45) is 1.13. The van der Waals surface area contributed by atoms with Gasteiger partial charge >= 0.3 is 0 Å². The number of benzene rings is 1. The van der Waals surface area contributed by atoms with Gasteiger partial charge < -0.3 is 20.1 Å². The van der Waals surface area contributed by atoms with Gasteiger partial charge in [0, 0.05) is 31.5 Å². The first-order valence-corrected chi connectivity index (χ1v) is 7.54. The summed E-state index contributed by atoms with van der Waals surface area (Å²) in [4.78, 5) is 13.8. The summed E-state index contributed by atoms with van der Waals surface area (Å²) in [5, 5.41) is 13.0. The molecule has 0 aromatic heterocycles. The standard InChI is InChI=1S/C15H19ClN2O3/c1-21-8-9-3-2-4-18(7-9)13-6-12-10(5-11(13)16)14(19)15(20)17-12/h5-6,9,14,19H,2-4,7-8H2,1H3,(H,17,20). The van der Waals surface area contributed by atoms with Crippen LogP contribution < -0.4 is 10.2 Å². The number of hydrogen-bond acceptors (Lipinski definition) is 4. The number of halogens is 1. The average molecular weight is 311 g/mol. The van der Waals surface area contributed by atoms with Crippen LogP contribution in [0.25, 0.3) is 0 Å². The van der Waals surface area contributed by atoms with Crippen molar-refractivity contribution in [2.45, 2.75) is 18.9 Å². The Morgan fingerprint density at radius 2 is 2.33 bits per heavy atom. The summed E-state index contributed by atoms with van der Waals surface area (Å²) in [5.41, 5.74) is 2.12. The van der Waals surface area contributed by atoms with E-state index in [2.05, 4.69) is 10.2 Å². The number of fused-ring (bicyclic) bond motifs is 1. The Kier molecular flexibility index (Phi) is 4.06. The Morgan fingerprint density at radius 1 is 1.52 bits per heavy atom. The van der Waals surface area contributed by atoms with E-state index >= 15 is 0 Å². The molecule has 1 saturated heterocycles. The number of aliphatic hydroxyl groups is 1. The van der Waals surface area contributed by atoms with Crippen molar-refractivity contribution in [3.8, 4) is 0 Å². The molecule has 2 atom stereocenters. The van der Waals surface area contributed by atoms with Gasteiger partial charge in [0.1, 0.15) is 0 Å². The number of methoxy groups -OCH3 is 1. The van der Waals surface area contributed by atoms with E-state index in [4.69, 9.17) is 16.3 Å². The van der Waals surface area contributed by atoms with Crippen LogP contribution in [0.3, 0.4) is 0 Å². The number of nitrogens with zero attached hydrogens (tertiary/aromatic N) is 1. The zero-order valence-corrected chi connectivity index (χ0v) is 12.7. The molecule has 2 N–H and O–H groups in total. The maximum Gasteiger partial charge on any atom is 0.257 e. The fourth-order valence-electron chi connectivity index (χ4n) is 3.15. The molecule has 2 heterocycles. The molecule has 2 unspecified atom stereocenters. The van der Waals surface area contributed by atoms with Crippen molar-refractivity contribution in [3.05, 3.63) is 22.7 Å². The molecule has 2 aliphatic rings. The zero-order chi connectivity index (χ0) is 15.0. The molecular formula is C15H19ClN2O3. The molecule has 21 heavy (non-hydrogen) atoms. The van der Waals surface area contributed by atoms with Crippen LogP contribution in [0, 0.1) is 5.92 Å². The highest BCUT2D eigenvalue weighted by Crippen LogP contribution is 2.39. The van der Waals surface area contributed by atoms with E-state index in [0.29, 0.717) is 22.2 Å². The van der Waals surface area contributed by atoms with E-state index < -0.39 is 12.0 Å². The van der Waals surface area contributed by atoms with Gasteiger partial charge in [-0.25, -0.2) is 0 Å². The van der Waals surface area contributed by atoms with Crippen molar-refractivity contribution in [2.75, 3.05) is 37.0 Å². The largest absolute Gasteiger partial charge is 0.384 e. The van der Waals surface area contributed by atoms with Crippen LogP contribution in [0.4, 0.5) is 11.4 Å². The maximum atomic E-state index is 11.5. The molecule has 0 saturated carbocycles. The van der Waals surface area contributed by atoms with Gasteiger partial charge in [-0.05, 0) is 30.9 Å². The number of anilines is 2. The lowest BCUT2D eigenvalue weighted by molar-refractivity contribution is -0.123. The highest BCUT2D eigenvalue weighted by Gasteiger charge is 2.31. The van der Waals surface area contributed by atoms with Crippen molar-refractivity contribution in [1.82, 2.24) is 0 Å². The van der Waals surface area contributed by atoms with Gasteiger partial charge in [0.15, 0.2) is 6.10 Å². The number of nitrogens with one attached hydrogen (secondary N) is 1. The Bertz CT molecular complexity index is 562. The Hall–Kier alpha value is -1.30. The number of amides is 1. The normalized spacial score (nSPS) is 24.9. The smallest absolute Gasteiger partial charge is 0.257 e. The lowest BCUT2D eigenvalue weighted by atomic mass is 9.98. The summed E-state index contributed by atoms with van der Waals surface area (Å²) < 4.78 is 5.25. The number of aliphatic hydroxyl groups excluding tert-OH is 1. The molecule has 6 heteroatoms. The van der Waals surface area contributed by atoms with Crippen LogP contribution >= 0.6 is 11.6 Å². The molecule has 0 bridgehead atoms. The van der Waals surface area contributed by atoms with Gasteiger partial charge in [-0.15, -0.1) is 0 Å². The number of carbonyl (C=O) groups is 1. The molecule has 3 rings (SSSR count). The molecule has 1 aromatic carbocycles. The van der Waals surface area contributed by atoms with Crippen LogP contribution in [0.2, 0.25) is 5.02 Å². The number of carbonyl (C=O) groups excluding carboxylic acids is 1. The van der Waals surface area contributed by atoms with E-state index in [1.165, 1.54) is 0 Å². The summed E-state index contributed by atoms with van der Waals surface area (Å²) in [5.74, 6) is 0.0994. The predicted molar refractivity (Wildman–Crippen MR) is 81.9 cm³/mol. The summed E-state index contributed by atoms with van der Waals surface area (Å²) >= 11 is 6.36. The highest BCUT2D eigenvalue weighted by molar-refractivity contribution is 6.33. The Morgan fingerprint density at radius 3 is 3.10 bits per heavy atom. The molecule has 2 aliphatic heterocycles.